The largest absolute Gasteiger partial charge is 0.495 e. The molecule has 0 aliphatic heterocycles. The summed E-state index contributed by atoms with van der Waals surface area (Å²) in [7, 11) is 1.69. The SMILES string of the molecule is COc1ccc(-c2ccccc2)c2ncsc12. The number of benzene rings is 2. The Bertz CT molecular complexity index is 646. The lowest BCUT2D eigenvalue weighted by Gasteiger charge is -2.05. The topological polar surface area (TPSA) is 22.1 Å². The van der Waals surface area contributed by atoms with Gasteiger partial charge in [-0.05, 0) is 17.7 Å². The first kappa shape index (κ1) is 10.3. The number of aromatic nitrogens is 1. The van der Waals surface area contributed by atoms with Gasteiger partial charge in [-0.15, -0.1) is 11.3 Å². The van der Waals surface area contributed by atoms with Crippen molar-refractivity contribution in [3.05, 3.63) is 48.0 Å². The fourth-order valence-electron chi connectivity index (χ4n) is 1.94. The number of nitrogens with zero attached hydrogens (tertiary/aromatic N) is 1. The number of hydrogen-bond acceptors (Lipinski definition) is 3. The van der Waals surface area contributed by atoms with Crippen molar-refractivity contribution in [2.75, 3.05) is 7.11 Å². The summed E-state index contributed by atoms with van der Waals surface area (Å²) < 4.78 is 6.45. The second-order valence-electron chi connectivity index (χ2n) is 3.71. The molecule has 0 fully saturated rings. The maximum Gasteiger partial charge on any atom is 0.138 e. The van der Waals surface area contributed by atoms with Gasteiger partial charge in [0.15, 0.2) is 0 Å². The first-order chi connectivity index (χ1) is 8.40. The third-order valence-corrected chi connectivity index (χ3v) is 3.59. The van der Waals surface area contributed by atoms with Gasteiger partial charge in [-0.2, -0.15) is 0 Å². The van der Waals surface area contributed by atoms with Crippen LogP contribution in [0.5, 0.6) is 5.75 Å². The van der Waals surface area contributed by atoms with E-state index in [2.05, 4.69) is 23.2 Å². The molecule has 0 bridgehead atoms. The summed E-state index contributed by atoms with van der Waals surface area (Å²) in [6, 6.07) is 14.4. The quantitative estimate of drug-likeness (QED) is 0.677. The fourth-order valence-corrected chi connectivity index (χ4v) is 2.74. The standard InChI is InChI=1S/C14H11NOS/c1-16-12-8-7-11(10-5-3-2-4-6-10)13-14(12)17-9-15-13/h2-9H,1H3. The van der Waals surface area contributed by atoms with E-state index in [0.29, 0.717) is 0 Å². The van der Waals surface area contributed by atoms with Gasteiger partial charge < -0.3 is 4.74 Å². The second kappa shape index (κ2) is 4.18. The molecular formula is C14H11NOS. The summed E-state index contributed by atoms with van der Waals surface area (Å²) >= 11 is 1.61. The van der Waals surface area contributed by atoms with Crippen LogP contribution >= 0.6 is 11.3 Å². The van der Waals surface area contributed by atoms with Gasteiger partial charge in [0.1, 0.15) is 5.75 Å². The van der Waals surface area contributed by atoms with Crippen molar-refractivity contribution in [1.82, 2.24) is 4.98 Å². The van der Waals surface area contributed by atoms with Crippen LogP contribution < -0.4 is 4.74 Å². The first-order valence-electron chi connectivity index (χ1n) is 5.36. The van der Waals surface area contributed by atoms with E-state index < -0.39 is 0 Å². The van der Waals surface area contributed by atoms with Crippen molar-refractivity contribution in [3.8, 4) is 16.9 Å². The Labute approximate surface area is 104 Å². The average molecular weight is 241 g/mol. The number of fused-ring (bicyclic) bond motifs is 1. The highest BCUT2D eigenvalue weighted by atomic mass is 32.1. The van der Waals surface area contributed by atoms with Gasteiger partial charge in [-0.3, -0.25) is 0 Å². The molecule has 0 saturated heterocycles. The minimum atomic E-state index is 0.891. The van der Waals surface area contributed by atoms with E-state index >= 15 is 0 Å². The van der Waals surface area contributed by atoms with E-state index in [1.54, 1.807) is 18.4 Å². The Morgan fingerprint density at radius 1 is 1.06 bits per heavy atom. The van der Waals surface area contributed by atoms with Crippen molar-refractivity contribution in [1.29, 1.82) is 0 Å². The smallest absolute Gasteiger partial charge is 0.138 e. The van der Waals surface area contributed by atoms with Gasteiger partial charge >= 0.3 is 0 Å². The number of ether oxygens (including phenoxy) is 1. The van der Waals surface area contributed by atoms with Crippen LogP contribution in [0.25, 0.3) is 21.3 Å². The molecule has 3 rings (SSSR count). The average Bonchev–Trinajstić information content (AvgIpc) is 2.88. The molecule has 0 spiro atoms. The summed E-state index contributed by atoms with van der Waals surface area (Å²) in [6.45, 7) is 0. The predicted molar refractivity (Wildman–Crippen MR) is 71.6 cm³/mol. The van der Waals surface area contributed by atoms with Crippen LogP contribution in [0.1, 0.15) is 0 Å². The minimum Gasteiger partial charge on any atom is -0.495 e. The molecule has 0 saturated carbocycles. The van der Waals surface area contributed by atoms with Crippen LogP contribution in [0.2, 0.25) is 0 Å². The molecule has 0 amide bonds. The van der Waals surface area contributed by atoms with Gasteiger partial charge in [-0.1, -0.05) is 30.3 Å². The second-order valence-corrected chi connectivity index (χ2v) is 4.57. The molecule has 3 heteroatoms. The minimum absolute atomic E-state index is 0.891. The van der Waals surface area contributed by atoms with Crippen LogP contribution in [0.3, 0.4) is 0 Å². The molecular weight excluding hydrogens is 230 g/mol. The van der Waals surface area contributed by atoms with Crippen LogP contribution in [-0.2, 0) is 0 Å². The molecule has 2 nitrogen and oxygen atoms in total. The summed E-state index contributed by atoms with van der Waals surface area (Å²) in [6.07, 6.45) is 0. The molecule has 1 heterocycles. The normalized spacial score (nSPS) is 10.6. The van der Waals surface area contributed by atoms with E-state index in [1.807, 2.05) is 29.8 Å². The molecule has 0 N–H and O–H groups in total. The highest BCUT2D eigenvalue weighted by Crippen LogP contribution is 2.35. The van der Waals surface area contributed by atoms with Gasteiger partial charge in [0.05, 0.1) is 22.8 Å². The highest BCUT2D eigenvalue weighted by molar-refractivity contribution is 7.17. The molecule has 2 aromatic carbocycles. The summed E-state index contributed by atoms with van der Waals surface area (Å²) in [5.41, 5.74) is 5.22. The van der Waals surface area contributed by atoms with E-state index in [-0.39, 0.29) is 0 Å². The summed E-state index contributed by atoms with van der Waals surface area (Å²) in [5, 5.41) is 0. The van der Waals surface area contributed by atoms with E-state index in [0.717, 1.165) is 21.5 Å². The number of hydrogen-bond donors (Lipinski definition) is 0. The fraction of sp³-hybridized carbons (Fsp3) is 0.0714. The van der Waals surface area contributed by atoms with Crippen LogP contribution in [0.15, 0.2) is 48.0 Å². The Kier molecular flexibility index (Phi) is 2.53. The number of methoxy groups -OCH3 is 1. The first-order valence-corrected chi connectivity index (χ1v) is 6.24. The monoisotopic (exact) mass is 241 g/mol. The van der Waals surface area contributed by atoms with Crippen LogP contribution in [0, 0.1) is 0 Å². The molecule has 84 valence electrons. The Morgan fingerprint density at radius 3 is 2.65 bits per heavy atom. The molecule has 1 aromatic heterocycles. The van der Waals surface area contributed by atoms with Crippen LogP contribution in [0.4, 0.5) is 0 Å². The summed E-state index contributed by atoms with van der Waals surface area (Å²) in [4.78, 5) is 4.44. The number of thiazole rings is 1. The highest BCUT2D eigenvalue weighted by Gasteiger charge is 2.10. The Balaban J connectivity index is 2.29. The molecule has 0 aliphatic rings. The maximum atomic E-state index is 5.35. The zero-order chi connectivity index (χ0) is 11.7. The third-order valence-electron chi connectivity index (χ3n) is 2.75. The van der Waals surface area contributed by atoms with Gasteiger partial charge in [0.25, 0.3) is 0 Å². The zero-order valence-corrected chi connectivity index (χ0v) is 10.2. The molecule has 0 radical (unpaired) electrons. The van der Waals surface area contributed by atoms with Gasteiger partial charge in [-0.25, -0.2) is 4.98 Å². The van der Waals surface area contributed by atoms with Crippen molar-refractivity contribution in [2.45, 2.75) is 0 Å². The Morgan fingerprint density at radius 2 is 1.88 bits per heavy atom. The lowest BCUT2D eigenvalue weighted by Crippen LogP contribution is -1.85. The van der Waals surface area contributed by atoms with Gasteiger partial charge in [0, 0.05) is 5.56 Å². The van der Waals surface area contributed by atoms with Crippen molar-refractivity contribution < 1.29 is 4.74 Å². The lowest BCUT2D eigenvalue weighted by molar-refractivity contribution is 0.420. The maximum absolute atomic E-state index is 5.35. The lowest BCUT2D eigenvalue weighted by atomic mass is 10.0. The van der Waals surface area contributed by atoms with Gasteiger partial charge in [0.2, 0.25) is 0 Å². The third kappa shape index (κ3) is 1.68. The molecule has 0 atom stereocenters. The van der Waals surface area contributed by atoms with Crippen LogP contribution in [-0.4, -0.2) is 12.1 Å². The number of rotatable bonds is 2. The molecule has 17 heavy (non-hydrogen) atoms. The van der Waals surface area contributed by atoms with Crippen molar-refractivity contribution in [2.24, 2.45) is 0 Å². The summed E-state index contributed by atoms with van der Waals surface area (Å²) in [5.74, 6) is 0.891. The molecule has 0 unspecified atom stereocenters. The molecule has 3 aromatic rings. The van der Waals surface area contributed by atoms with E-state index in [4.69, 9.17) is 4.74 Å². The zero-order valence-electron chi connectivity index (χ0n) is 9.38. The van der Waals surface area contributed by atoms with Crippen molar-refractivity contribution >= 4 is 21.6 Å². The Hall–Kier alpha value is -1.87. The molecule has 0 aliphatic carbocycles. The van der Waals surface area contributed by atoms with E-state index in [1.165, 1.54) is 5.56 Å². The van der Waals surface area contributed by atoms with Crippen molar-refractivity contribution in [3.63, 3.8) is 0 Å². The predicted octanol–water partition coefficient (Wildman–Crippen LogP) is 3.97. The van der Waals surface area contributed by atoms with E-state index in [9.17, 15) is 0 Å².